The van der Waals surface area contributed by atoms with Crippen molar-refractivity contribution in [3.63, 3.8) is 0 Å². The number of Topliss-reactive ketones (excluding diaryl/α,β-unsaturated/α-hetero) is 2. The van der Waals surface area contributed by atoms with Crippen LogP contribution in [0.25, 0.3) is 5.76 Å². The standard InChI is InChI=1S/C16H15NO5/c1-21-15-6-3-10(7-16(15)22-2)12(18)5-4-11-8-13(19)14(20)9-17-11/h3-7,9,18H,8H2,1-2H3. The topological polar surface area (TPSA) is 85.2 Å². The summed E-state index contributed by atoms with van der Waals surface area (Å²) in [5.41, 5.74) is 0.938. The maximum Gasteiger partial charge on any atom is 0.239 e. The highest BCUT2D eigenvalue weighted by molar-refractivity contribution is 6.60. The average Bonchev–Trinajstić information content (AvgIpc) is 2.54. The molecule has 22 heavy (non-hydrogen) atoms. The number of aliphatic hydroxyl groups excluding tert-OH is 1. The second-order valence-electron chi connectivity index (χ2n) is 4.50. The lowest BCUT2D eigenvalue weighted by molar-refractivity contribution is -0.132. The number of nitrogens with zero attached hydrogens (tertiary/aromatic N) is 1. The molecule has 6 nitrogen and oxygen atoms in total. The van der Waals surface area contributed by atoms with Crippen molar-refractivity contribution in [2.24, 2.45) is 4.99 Å². The molecule has 1 aliphatic heterocycles. The zero-order valence-electron chi connectivity index (χ0n) is 12.2. The highest BCUT2D eigenvalue weighted by atomic mass is 16.5. The number of hydrogen-bond donors (Lipinski definition) is 1. The first-order chi connectivity index (χ1) is 10.5. The molecule has 1 aromatic rings. The van der Waals surface area contributed by atoms with Gasteiger partial charge in [0.2, 0.25) is 11.6 Å². The van der Waals surface area contributed by atoms with Crippen molar-refractivity contribution in [2.75, 3.05) is 14.2 Å². The Morgan fingerprint density at radius 1 is 1.23 bits per heavy atom. The molecule has 1 aliphatic rings. The number of hydrogen-bond acceptors (Lipinski definition) is 6. The third kappa shape index (κ3) is 3.41. The molecule has 0 aromatic heterocycles. The van der Waals surface area contributed by atoms with Crippen LogP contribution in [0.1, 0.15) is 12.0 Å². The highest BCUT2D eigenvalue weighted by Gasteiger charge is 2.17. The van der Waals surface area contributed by atoms with Gasteiger partial charge in [-0.25, -0.2) is 0 Å². The van der Waals surface area contributed by atoms with Gasteiger partial charge < -0.3 is 14.6 Å². The molecule has 0 bridgehead atoms. The van der Waals surface area contributed by atoms with Crippen LogP contribution in [-0.2, 0) is 9.59 Å². The lowest BCUT2D eigenvalue weighted by atomic mass is 10.1. The Balaban J connectivity index is 2.24. The number of ketones is 2. The quantitative estimate of drug-likeness (QED) is 0.680. The summed E-state index contributed by atoms with van der Waals surface area (Å²) in [6, 6.07) is 4.97. The molecule has 0 spiro atoms. The van der Waals surface area contributed by atoms with Gasteiger partial charge in [0.15, 0.2) is 11.5 Å². The monoisotopic (exact) mass is 301 g/mol. The Morgan fingerprint density at radius 2 is 1.95 bits per heavy atom. The maximum atomic E-state index is 11.3. The van der Waals surface area contributed by atoms with E-state index in [4.69, 9.17) is 9.47 Å². The molecule has 1 heterocycles. The summed E-state index contributed by atoms with van der Waals surface area (Å²) >= 11 is 0. The second kappa shape index (κ2) is 6.71. The number of aliphatic hydroxyl groups is 1. The fourth-order valence-corrected chi connectivity index (χ4v) is 1.88. The van der Waals surface area contributed by atoms with Crippen molar-refractivity contribution in [2.45, 2.75) is 6.42 Å². The van der Waals surface area contributed by atoms with E-state index >= 15 is 0 Å². The molecule has 0 amide bonds. The smallest absolute Gasteiger partial charge is 0.239 e. The summed E-state index contributed by atoms with van der Waals surface area (Å²) in [6.07, 6.45) is 3.83. The summed E-state index contributed by atoms with van der Waals surface area (Å²) < 4.78 is 10.3. The number of benzene rings is 1. The molecule has 0 radical (unpaired) electrons. The van der Waals surface area contributed by atoms with Crippen LogP contribution in [0.15, 0.2) is 41.0 Å². The van der Waals surface area contributed by atoms with E-state index in [1.54, 1.807) is 18.2 Å². The molecule has 6 heteroatoms. The minimum absolute atomic E-state index is 0.0204. The second-order valence-corrected chi connectivity index (χ2v) is 4.50. The first-order valence-corrected chi connectivity index (χ1v) is 6.48. The molecule has 2 rings (SSSR count). The van der Waals surface area contributed by atoms with Gasteiger partial charge in [-0.05, 0) is 30.4 Å². The molecular weight excluding hydrogens is 286 g/mol. The fraction of sp³-hybridized carbons (Fsp3) is 0.188. The molecule has 0 saturated heterocycles. The van der Waals surface area contributed by atoms with Gasteiger partial charge in [0.25, 0.3) is 0 Å². The van der Waals surface area contributed by atoms with E-state index in [2.05, 4.69) is 4.99 Å². The number of allylic oxidation sites excluding steroid dienone is 3. The number of carbonyl (C=O) groups excluding carboxylic acids is 2. The van der Waals surface area contributed by atoms with E-state index in [-0.39, 0.29) is 12.2 Å². The Kier molecular flexibility index (Phi) is 4.73. The molecule has 0 unspecified atom stereocenters. The molecule has 0 fully saturated rings. The zero-order valence-corrected chi connectivity index (χ0v) is 12.2. The maximum absolute atomic E-state index is 11.3. The predicted molar refractivity (Wildman–Crippen MR) is 81.4 cm³/mol. The summed E-state index contributed by atoms with van der Waals surface area (Å²) in [5, 5.41) is 10.1. The van der Waals surface area contributed by atoms with E-state index in [0.717, 1.165) is 6.21 Å². The Hall–Kier alpha value is -2.89. The van der Waals surface area contributed by atoms with E-state index in [1.165, 1.54) is 26.4 Å². The van der Waals surface area contributed by atoms with Crippen LogP contribution < -0.4 is 9.47 Å². The van der Waals surface area contributed by atoms with Crippen molar-refractivity contribution in [3.05, 3.63) is 41.6 Å². The summed E-state index contributed by atoms with van der Waals surface area (Å²) in [4.78, 5) is 26.1. The predicted octanol–water partition coefficient (Wildman–Crippen LogP) is 2.10. The zero-order chi connectivity index (χ0) is 16.1. The van der Waals surface area contributed by atoms with E-state index < -0.39 is 11.6 Å². The van der Waals surface area contributed by atoms with Gasteiger partial charge in [-0.1, -0.05) is 0 Å². The molecule has 1 aromatic carbocycles. The Bertz CT molecular complexity index is 700. The third-order valence-electron chi connectivity index (χ3n) is 3.08. The third-order valence-corrected chi connectivity index (χ3v) is 3.08. The molecule has 0 atom stereocenters. The highest BCUT2D eigenvalue weighted by Crippen LogP contribution is 2.29. The molecule has 0 saturated carbocycles. The van der Waals surface area contributed by atoms with E-state index in [1.807, 2.05) is 0 Å². The average molecular weight is 301 g/mol. The number of rotatable bonds is 4. The van der Waals surface area contributed by atoms with Crippen molar-refractivity contribution in [3.8, 4) is 11.5 Å². The van der Waals surface area contributed by atoms with E-state index in [9.17, 15) is 14.7 Å². The fourth-order valence-electron chi connectivity index (χ4n) is 1.88. The Morgan fingerprint density at radius 3 is 2.59 bits per heavy atom. The molecular formula is C16H15NO5. The number of methoxy groups -OCH3 is 2. The van der Waals surface area contributed by atoms with Gasteiger partial charge in [0.1, 0.15) is 5.76 Å². The first-order valence-electron chi connectivity index (χ1n) is 6.48. The number of ether oxygens (including phenoxy) is 2. The van der Waals surface area contributed by atoms with Gasteiger partial charge in [-0.3, -0.25) is 14.6 Å². The van der Waals surface area contributed by atoms with Gasteiger partial charge in [0.05, 0.1) is 26.9 Å². The molecule has 0 aliphatic carbocycles. The minimum atomic E-state index is -0.606. The van der Waals surface area contributed by atoms with Crippen molar-refractivity contribution in [1.82, 2.24) is 0 Å². The SMILES string of the molecule is COc1ccc(C(O)=CC=C2CC(=O)C(=O)C=N2)cc1OC. The minimum Gasteiger partial charge on any atom is -0.507 e. The molecule has 114 valence electrons. The van der Waals surface area contributed by atoms with Gasteiger partial charge >= 0.3 is 0 Å². The van der Waals surface area contributed by atoms with Gasteiger partial charge in [0, 0.05) is 11.3 Å². The van der Waals surface area contributed by atoms with Crippen LogP contribution in [0.4, 0.5) is 0 Å². The summed E-state index contributed by atoms with van der Waals surface area (Å²) in [7, 11) is 3.03. The first kappa shape index (κ1) is 15.5. The normalized spacial score (nSPS) is 17.0. The van der Waals surface area contributed by atoms with Crippen molar-refractivity contribution in [1.29, 1.82) is 0 Å². The van der Waals surface area contributed by atoms with Crippen molar-refractivity contribution < 1.29 is 24.2 Å². The summed E-state index contributed by atoms with van der Waals surface area (Å²) in [5.74, 6) is -0.0963. The lowest BCUT2D eigenvalue weighted by Gasteiger charge is -2.09. The largest absolute Gasteiger partial charge is 0.507 e. The lowest BCUT2D eigenvalue weighted by Crippen LogP contribution is -2.19. The van der Waals surface area contributed by atoms with Crippen LogP contribution in [0, 0.1) is 0 Å². The van der Waals surface area contributed by atoms with Crippen LogP contribution in [0.3, 0.4) is 0 Å². The van der Waals surface area contributed by atoms with Crippen molar-refractivity contribution >= 4 is 23.5 Å². The van der Waals surface area contributed by atoms with Gasteiger partial charge in [-0.15, -0.1) is 0 Å². The summed E-state index contributed by atoms with van der Waals surface area (Å²) in [6.45, 7) is 0. The van der Waals surface area contributed by atoms with Crippen LogP contribution >= 0.6 is 0 Å². The van der Waals surface area contributed by atoms with Crippen LogP contribution in [0.2, 0.25) is 0 Å². The Labute approximate surface area is 127 Å². The van der Waals surface area contributed by atoms with Gasteiger partial charge in [-0.2, -0.15) is 0 Å². The number of carbonyl (C=O) groups is 2. The van der Waals surface area contributed by atoms with E-state index in [0.29, 0.717) is 22.8 Å². The van der Waals surface area contributed by atoms with Crippen LogP contribution in [0.5, 0.6) is 11.5 Å². The molecule has 1 N–H and O–H groups in total. The number of aliphatic imine (C=N–C) groups is 1. The van der Waals surface area contributed by atoms with Crippen LogP contribution in [-0.4, -0.2) is 37.1 Å².